The predicted octanol–water partition coefficient (Wildman–Crippen LogP) is 7.36. The molecule has 0 aliphatic carbocycles. The second-order valence-electron chi connectivity index (χ2n) is 11.8. The van der Waals surface area contributed by atoms with Gasteiger partial charge in [0.2, 0.25) is 0 Å². The van der Waals surface area contributed by atoms with Crippen LogP contribution in [0.25, 0.3) is 32.7 Å². The van der Waals surface area contributed by atoms with E-state index in [1.165, 1.54) is 24.3 Å². The molecule has 0 bridgehead atoms. The molecule has 0 aliphatic heterocycles. The summed E-state index contributed by atoms with van der Waals surface area (Å²) in [5, 5.41) is 28.0. The number of benzene rings is 6. The molecule has 2 unspecified atom stereocenters. The van der Waals surface area contributed by atoms with Gasteiger partial charge in [0.05, 0.1) is 21.2 Å². The van der Waals surface area contributed by atoms with Gasteiger partial charge in [-0.25, -0.2) is 0 Å². The second kappa shape index (κ2) is 14.5. The summed E-state index contributed by atoms with van der Waals surface area (Å²) < 4.78 is 114. The number of aromatic hydroxyl groups is 1. The van der Waals surface area contributed by atoms with Crippen LogP contribution in [0.1, 0.15) is 11.1 Å². The molecule has 5 N–H and O–H groups in total. The minimum absolute atomic E-state index is 0.0634. The van der Waals surface area contributed by atoms with Gasteiger partial charge in [-0.05, 0) is 141 Å². The third kappa shape index (κ3) is 7.81. The van der Waals surface area contributed by atoms with Crippen molar-refractivity contribution in [2.75, 3.05) is 5.73 Å². The highest BCUT2D eigenvalue weighted by molar-refractivity contribution is 7.86. The number of aryl methyl sites for hydroxylation is 2. The number of nitrogen functional groups attached to an aromatic ring is 1. The van der Waals surface area contributed by atoms with E-state index in [0.29, 0.717) is 27.9 Å². The Balaban J connectivity index is 1.29. The molecule has 6 rings (SSSR count). The molecule has 2 atom stereocenters. The number of fused-ring (bicyclic) bond motifs is 2. The van der Waals surface area contributed by atoms with Gasteiger partial charge in [-0.15, -0.1) is 10.2 Å². The molecule has 0 radical (unpaired) electrons. The van der Waals surface area contributed by atoms with Crippen molar-refractivity contribution >= 4 is 92.4 Å². The van der Waals surface area contributed by atoms with E-state index in [4.69, 9.17) is 5.73 Å². The molecule has 6 aromatic carbocycles. The lowest BCUT2D eigenvalue weighted by Crippen LogP contribution is -2.01. The second-order valence-corrected chi connectivity index (χ2v) is 16.5. The lowest BCUT2D eigenvalue weighted by Gasteiger charge is -2.14. The van der Waals surface area contributed by atoms with Gasteiger partial charge in [-0.1, -0.05) is 18.2 Å². The highest BCUT2D eigenvalue weighted by Gasteiger charge is 2.21. The topological polar surface area (TPSA) is 285 Å². The Morgan fingerprint density at radius 2 is 1.22 bits per heavy atom. The zero-order chi connectivity index (χ0) is 39.3. The lowest BCUT2D eigenvalue weighted by molar-refractivity contribution is 0.479. The van der Waals surface area contributed by atoms with Gasteiger partial charge in [-0.3, -0.25) is 17.5 Å². The number of anilines is 1. The minimum Gasteiger partial charge on any atom is -0.768 e. The number of rotatable bonds is 9. The molecule has 0 heterocycles. The molecular formula is C34H25N5O11S4-2. The average Bonchev–Trinajstić information content (AvgIpc) is 3.09. The third-order valence-corrected chi connectivity index (χ3v) is 11.3. The Kier molecular flexibility index (Phi) is 10.3. The maximum absolute atomic E-state index is 12.2. The van der Waals surface area contributed by atoms with E-state index in [0.717, 1.165) is 35.4 Å². The van der Waals surface area contributed by atoms with Crippen LogP contribution in [0.3, 0.4) is 0 Å². The molecular weight excluding hydrogens is 783 g/mol. The Hall–Kier alpha value is -5.32. The molecule has 0 aliphatic rings. The molecule has 0 saturated carbocycles. The van der Waals surface area contributed by atoms with Gasteiger partial charge in [0.1, 0.15) is 16.3 Å². The first-order chi connectivity index (χ1) is 25.3. The first kappa shape index (κ1) is 38.4. The molecule has 0 saturated heterocycles. The third-order valence-electron chi connectivity index (χ3n) is 8.24. The van der Waals surface area contributed by atoms with Crippen LogP contribution in [-0.2, 0) is 42.4 Å². The largest absolute Gasteiger partial charge is 0.768 e. The van der Waals surface area contributed by atoms with E-state index in [9.17, 15) is 48.6 Å². The monoisotopic (exact) mass is 807 g/mol. The van der Waals surface area contributed by atoms with E-state index in [-0.39, 0.29) is 32.4 Å². The lowest BCUT2D eigenvalue weighted by atomic mass is 10.0. The molecule has 16 nitrogen and oxygen atoms in total. The number of azo groups is 2. The molecule has 6 aromatic rings. The number of nitrogens with two attached hydrogens (primary N) is 1. The Labute approximate surface area is 312 Å². The van der Waals surface area contributed by atoms with Gasteiger partial charge in [0, 0.05) is 16.0 Å². The number of phenolic OH excluding ortho intramolecular Hbond substituents is 1. The maximum Gasteiger partial charge on any atom is 0.296 e. The Bertz CT molecular complexity index is 2900. The van der Waals surface area contributed by atoms with E-state index >= 15 is 0 Å². The molecule has 0 amide bonds. The van der Waals surface area contributed by atoms with Crippen LogP contribution in [-0.4, -0.2) is 48.6 Å². The smallest absolute Gasteiger partial charge is 0.296 e. The summed E-state index contributed by atoms with van der Waals surface area (Å²) in [6.45, 7) is 3.48. The zero-order valence-electron chi connectivity index (χ0n) is 27.7. The van der Waals surface area contributed by atoms with Crippen LogP contribution in [0.4, 0.5) is 28.4 Å². The highest BCUT2D eigenvalue weighted by atomic mass is 32.2. The van der Waals surface area contributed by atoms with Crippen molar-refractivity contribution in [1.29, 1.82) is 0 Å². The summed E-state index contributed by atoms with van der Waals surface area (Å²) in [4.78, 5) is -1.71. The molecule has 0 spiro atoms. The molecule has 0 fully saturated rings. The SMILES string of the molecule is Cc1cc(-c2ccc(N=Nc3c(S(=O)[O-])cc4cc(S(=O)(=O)O)cc(N)c4c3O)c(C)c2)ccc1N=Nc1cc2ccc(S(=O)[O-])cc2cc1S(=O)(=O)O. The molecule has 278 valence electrons. The van der Waals surface area contributed by atoms with Gasteiger partial charge >= 0.3 is 0 Å². The number of nitrogens with zero attached hydrogens (tertiary/aromatic N) is 4. The summed E-state index contributed by atoms with van der Waals surface area (Å²) in [5.41, 5.74) is 8.57. The van der Waals surface area contributed by atoms with E-state index in [1.807, 2.05) is 0 Å². The molecule has 0 aromatic heterocycles. The van der Waals surface area contributed by atoms with Crippen LogP contribution < -0.4 is 5.73 Å². The van der Waals surface area contributed by atoms with Crippen molar-refractivity contribution in [3.05, 3.63) is 96.1 Å². The summed E-state index contributed by atoms with van der Waals surface area (Å²) in [6.07, 6.45) is 0. The van der Waals surface area contributed by atoms with Gasteiger partial charge < -0.3 is 19.9 Å². The Morgan fingerprint density at radius 1 is 0.630 bits per heavy atom. The van der Waals surface area contributed by atoms with Crippen molar-refractivity contribution < 1.29 is 48.6 Å². The average molecular weight is 808 g/mol. The van der Waals surface area contributed by atoms with Crippen LogP contribution in [0.5, 0.6) is 5.75 Å². The highest BCUT2D eigenvalue weighted by Crippen LogP contribution is 2.44. The van der Waals surface area contributed by atoms with Crippen molar-refractivity contribution in [1.82, 2.24) is 0 Å². The number of hydrogen-bond acceptors (Lipinski definition) is 14. The minimum atomic E-state index is -4.76. The summed E-state index contributed by atoms with van der Waals surface area (Å²) in [6, 6.07) is 19.8. The van der Waals surface area contributed by atoms with Crippen LogP contribution in [0.15, 0.2) is 125 Å². The van der Waals surface area contributed by atoms with Gasteiger partial charge in [0.25, 0.3) is 20.2 Å². The van der Waals surface area contributed by atoms with E-state index in [2.05, 4.69) is 20.5 Å². The number of hydrogen-bond donors (Lipinski definition) is 4. The summed E-state index contributed by atoms with van der Waals surface area (Å²) >= 11 is -5.50. The Morgan fingerprint density at radius 3 is 1.76 bits per heavy atom. The standard InChI is InChI=1S/C34H27N5O11S4/c1-17-9-19(4-7-27(17)36-38-29-13-21-3-6-24(51(41)42)11-22(21)15-31(29)54(48,49)50)20-5-8-28(18(2)10-20)37-39-33-30(52(43)44)14-23-12-25(53(45,46)47)16-26(35)32(23)34(33)40/h3-16,40H,35H2,1-2H3,(H,41,42)(H,43,44)(H,45,46,47)(H,48,49,50)/p-2. The van der Waals surface area contributed by atoms with Crippen LogP contribution in [0, 0.1) is 13.8 Å². The summed E-state index contributed by atoms with van der Waals surface area (Å²) in [5.74, 6) is -0.667. The quantitative estimate of drug-likeness (QED) is 0.0482. The van der Waals surface area contributed by atoms with Gasteiger partial charge in [-0.2, -0.15) is 27.1 Å². The van der Waals surface area contributed by atoms with E-state index in [1.54, 1.807) is 50.2 Å². The fourth-order valence-electron chi connectivity index (χ4n) is 5.60. The van der Waals surface area contributed by atoms with Crippen LogP contribution >= 0.6 is 0 Å². The van der Waals surface area contributed by atoms with Crippen molar-refractivity contribution in [2.24, 2.45) is 20.5 Å². The normalized spacial score (nSPS) is 13.7. The molecule has 20 heteroatoms. The fourth-order valence-corrected chi connectivity index (χ4v) is 7.71. The maximum atomic E-state index is 12.2. The van der Waals surface area contributed by atoms with Gasteiger partial charge in [0.15, 0.2) is 5.75 Å². The van der Waals surface area contributed by atoms with Crippen molar-refractivity contribution in [2.45, 2.75) is 33.4 Å². The van der Waals surface area contributed by atoms with Crippen LogP contribution in [0.2, 0.25) is 0 Å². The summed E-state index contributed by atoms with van der Waals surface area (Å²) in [7, 11) is -9.45. The first-order valence-electron chi connectivity index (χ1n) is 15.2. The first-order valence-corrected chi connectivity index (χ1v) is 20.2. The van der Waals surface area contributed by atoms with Crippen molar-refractivity contribution in [3.63, 3.8) is 0 Å². The van der Waals surface area contributed by atoms with Crippen molar-refractivity contribution in [3.8, 4) is 16.9 Å². The molecule has 54 heavy (non-hydrogen) atoms. The fraction of sp³-hybridized carbons (Fsp3) is 0.0588. The predicted molar refractivity (Wildman–Crippen MR) is 198 cm³/mol. The zero-order valence-corrected chi connectivity index (χ0v) is 31.0. The van der Waals surface area contributed by atoms with E-state index < -0.39 is 68.5 Å². The number of phenols is 1.